The van der Waals surface area contributed by atoms with Crippen LogP contribution in [-0.2, 0) is 12.8 Å². The summed E-state index contributed by atoms with van der Waals surface area (Å²) in [6.07, 6.45) is 10.8. The quantitative estimate of drug-likeness (QED) is 0.231. The molecule has 0 saturated heterocycles. The summed E-state index contributed by atoms with van der Waals surface area (Å²) in [6.45, 7) is 4.24. The molecular weight excluding hydrogens is 482 g/mol. The molecule has 1 fully saturated rings. The van der Waals surface area contributed by atoms with Crippen molar-refractivity contribution in [3.8, 4) is 17.0 Å². The molecule has 2 aliphatic carbocycles. The van der Waals surface area contributed by atoms with Gasteiger partial charge in [-0.15, -0.1) is 0 Å². The third-order valence-corrected chi connectivity index (χ3v) is 8.82. The summed E-state index contributed by atoms with van der Waals surface area (Å²) in [4.78, 5) is 21.4. The average molecular weight is 522 g/mol. The number of fused-ring (bicyclic) bond motifs is 2. The number of rotatable bonds is 7. The Morgan fingerprint density at radius 3 is 2.59 bits per heavy atom. The van der Waals surface area contributed by atoms with Crippen molar-refractivity contribution in [2.24, 2.45) is 5.92 Å². The SMILES string of the molecule is CC(C)c1[nH]c(O)c2c(-c3ccc(C(=O)NC4CCc5ccccc54)cc3)cc(CCC3CCCCC3)nc12. The van der Waals surface area contributed by atoms with Crippen molar-refractivity contribution in [1.82, 2.24) is 15.3 Å². The van der Waals surface area contributed by atoms with E-state index in [1.165, 1.54) is 43.2 Å². The topological polar surface area (TPSA) is 78.0 Å². The fraction of sp³-hybridized carbons (Fsp3) is 0.412. The number of carbonyl (C=O) groups is 1. The van der Waals surface area contributed by atoms with E-state index in [1.807, 2.05) is 30.3 Å². The zero-order valence-electron chi connectivity index (χ0n) is 23.1. The monoisotopic (exact) mass is 521 g/mol. The maximum atomic E-state index is 13.1. The summed E-state index contributed by atoms with van der Waals surface area (Å²) >= 11 is 0. The number of nitrogens with zero attached hydrogens (tertiary/aromatic N) is 1. The molecular formula is C34H39N3O2. The number of H-pyrrole nitrogens is 1. The maximum absolute atomic E-state index is 13.1. The molecule has 1 unspecified atom stereocenters. The van der Waals surface area contributed by atoms with Gasteiger partial charge in [-0.2, -0.15) is 0 Å². The van der Waals surface area contributed by atoms with Gasteiger partial charge in [-0.05, 0) is 78.0 Å². The Bertz CT molecular complexity index is 1480. The largest absolute Gasteiger partial charge is 0.494 e. The second kappa shape index (κ2) is 10.9. The lowest BCUT2D eigenvalue weighted by Crippen LogP contribution is -2.27. The number of nitrogens with one attached hydrogen (secondary N) is 2. The molecule has 3 N–H and O–H groups in total. The Morgan fingerprint density at radius 2 is 1.82 bits per heavy atom. The zero-order chi connectivity index (χ0) is 26.9. The van der Waals surface area contributed by atoms with Gasteiger partial charge in [-0.1, -0.05) is 82.3 Å². The summed E-state index contributed by atoms with van der Waals surface area (Å²) in [5, 5.41) is 14.9. The molecule has 2 aromatic carbocycles. The van der Waals surface area contributed by atoms with E-state index in [2.05, 4.69) is 48.4 Å². The van der Waals surface area contributed by atoms with Crippen LogP contribution in [0.2, 0.25) is 0 Å². The van der Waals surface area contributed by atoms with Crippen molar-refractivity contribution in [3.63, 3.8) is 0 Å². The molecule has 0 bridgehead atoms. The van der Waals surface area contributed by atoms with Crippen LogP contribution in [0, 0.1) is 5.92 Å². The van der Waals surface area contributed by atoms with E-state index in [1.54, 1.807) is 0 Å². The van der Waals surface area contributed by atoms with E-state index in [0.29, 0.717) is 5.56 Å². The van der Waals surface area contributed by atoms with Crippen LogP contribution in [-0.4, -0.2) is 21.0 Å². The number of benzene rings is 2. The van der Waals surface area contributed by atoms with E-state index in [0.717, 1.165) is 65.0 Å². The van der Waals surface area contributed by atoms with E-state index in [4.69, 9.17) is 4.98 Å². The molecule has 2 aliphatic rings. The molecule has 1 atom stereocenters. The Balaban J connectivity index is 1.28. The minimum absolute atomic E-state index is 0.0529. The number of carbonyl (C=O) groups excluding carboxylic acids is 1. The molecule has 5 heteroatoms. The van der Waals surface area contributed by atoms with Gasteiger partial charge in [-0.25, -0.2) is 0 Å². The third-order valence-electron chi connectivity index (χ3n) is 8.82. The molecule has 0 radical (unpaired) electrons. The van der Waals surface area contributed by atoms with Gasteiger partial charge in [-0.3, -0.25) is 9.78 Å². The molecule has 2 aromatic heterocycles. The van der Waals surface area contributed by atoms with Gasteiger partial charge in [0.05, 0.1) is 16.9 Å². The molecule has 2 heterocycles. The molecule has 1 saturated carbocycles. The standard InChI is InChI=1S/C34H39N3O2/c1-21(2)31-32-30(34(39)37-31)28(20-26(35-32)18-12-22-8-4-3-5-9-22)24-13-15-25(16-14-24)33(38)36-29-19-17-23-10-6-7-11-27(23)29/h6-7,10-11,13-16,20-22,29,37,39H,3-5,8-9,12,17-19H2,1-2H3,(H,36,38). The van der Waals surface area contributed by atoms with Gasteiger partial charge >= 0.3 is 0 Å². The van der Waals surface area contributed by atoms with Gasteiger partial charge in [0.25, 0.3) is 5.91 Å². The molecule has 4 aromatic rings. The summed E-state index contributed by atoms with van der Waals surface area (Å²) in [5.41, 5.74) is 8.05. The Morgan fingerprint density at radius 1 is 1.05 bits per heavy atom. The fourth-order valence-corrected chi connectivity index (χ4v) is 6.63. The average Bonchev–Trinajstić information content (AvgIpc) is 3.53. The Hall–Kier alpha value is -3.60. The lowest BCUT2D eigenvalue weighted by atomic mass is 9.85. The van der Waals surface area contributed by atoms with Gasteiger partial charge in [0.15, 0.2) is 5.88 Å². The number of aromatic hydroxyl groups is 1. The van der Waals surface area contributed by atoms with Crippen molar-refractivity contribution in [2.45, 2.75) is 83.6 Å². The van der Waals surface area contributed by atoms with Crippen LogP contribution in [0.15, 0.2) is 54.6 Å². The van der Waals surface area contributed by atoms with Gasteiger partial charge in [0, 0.05) is 17.0 Å². The normalized spacial score (nSPS) is 17.6. The number of aryl methyl sites for hydroxylation is 2. The number of amides is 1. The van der Waals surface area contributed by atoms with Crippen LogP contribution in [0.3, 0.4) is 0 Å². The van der Waals surface area contributed by atoms with Crippen molar-refractivity contribution < 1.29 is 9.90 Å². The highest BCUT2D eigenvalue weighted by molar-refractivity contribution is 6.01. The van der Waals surface area contributed by atoms with Crippen LogP contribution < -0.4 is 5.32 Å². The summed E-state index contributed by atoms with van der Waals surface area (Å²) in [6, 6.07) is 18.4. The van der Waals surface area contributed by atoms with Gasteiger partial charge in [0.2, 0.25) is 0 Å². The summed E-state index contributed by atoms with van der Waals surface area (Å²) < 4.78 is 0. The Labute approximate surface area is 231 Å². The molecule has 5 nitrogen and oxygen atoms in total. The first kappa shape index (κ1) is 25.7. The number of hydrogen-bond donors (Lipinski definition) is 3. The summed E-state index contributed by atoms with van der Waals surface area (Å²) in [7, 11) is 0. The van der Waals surface area contributed by atoms with Gasteiger partial charge < -0.3 is 15.4 Å². The molecule has 0 aliphatic heterocycles. The van der Waals surface area contributed by atoms with E-state index >= 15 is 0 Å². The van der Waals surface area contributed by atoms with Crippen LogP contribution in [0.5, 0.6) is 5.88 Å². The second-order valence-electron chi connectivity index (χ2n) is 11.8. The van der Waals surface area contributed by atoms with E-state index in [9.17, 15) is 9.90 Å². The fourth-order valence-electron chi connectivity index (χ4n) is 6.63. The van der Waals surface area contributed by atoms with Crippen LogP contribution >= 0.6 is 0 Å². The van der Waals surface area contributed by atoms with E-state index < -0.39 is 0 Å². The minimum atomic E-state index is -0.0529. The first-order valence-corrected chi connectivity index (χ1v) is 14.7. The lowest BCUT2D eigenvalue weighted by molar-refractivity contribution is 0.0936. The molecule has 0 spiro atoms. The van der Waals surface area contributed by atoms with Crippen LogP contribution in [0.25, 0.3) is 22.0 Å². The highest BCUT2D eigenvalue weighted by Crippen LogP contribution is 2.39. The molecule has 202 valence electrons. The van der Waals surface area contributed by atoms with Crippen molar-refractivity contribution in [3.05, 3.63) is 82.7 Å². The number of aromatic nitrogens is 2. The lowest BCUT2D eigenvalue weighted by Gasteiger charge is -2.21. The predicted molar refractivity (Wildman–Crippen MR) is 157 cm³/mol. The zero-order valence-corrected chi connectivity index (χ0v) is 23.1. The number of aromatic amines is 1. The Kier molecular flexibility index (Phi) is 7.16. The summed E-state index contributed by atoms with van der Waals surface area (Å²) in [5.74, 6) is 1.11. The predicted octanol–water partition coefficient (Wildman–Crippen LogP) is 7.99. The molecule has 6 rings (SSSR count). The molecule has 1 amide bonds. The first-order chi connectivity index (χ1) is 19.0. The highest BCUT2D eigenvalue weighted by atomic mass is 16.3. The van der Waals surface area contributed by atoms with Crippen LogP contribution in [0.1, 0.15) is 104 Å². The highest BCUT2D eigenvalue weighted by Gasteiger charge is 2.24. The number of pyridine rings is 1. The second-order valence-corrected chi connectivity index (χ2v) is 11.8. The van der Waals surface area contributed by atoms with Gasteiger partial charge in [0.1, 0.15) is 0 Å². The smallest absolute Gasteiger partial charge is 0.251 e. The van der Waals surface area contributed by atoms with Crippen molar-refractivity contribution in [2.75, 3.05) is 0 Å². The van der Waals surface area contributed by atoms with Crippen molar-refractivity contribution >= 4 is 16.8 Å². The molecule has 39 heavy (non-hydrogen) atoms. The third kappa shape index (κ3) is 5.19. The van der Waals surface area contributed by atoms with Crippen LogP contribution in [0.4, 0.5) is 0 Å². The number of hydrogen-bond acceptors (Lipinski definition) is 3. The maximum Gasteiger partial charge on any atom is 0.251 e. The van der Waals surface area contributed by atoms with E-state index in [-0.39, 0.29) is 23.7 Å². The minimum Gasteiger partial charge on any atom is -0.494 e. The van der Waals surface area contributed by atoms with Crippen molar-refractivity contribution in [1.29, 1.82) is 0 Å². The first-order valence-electron chi connectivity index (χ1n) is 14.7.